The van der Waals surface area contributed by atoms with E-state index < -0.39 is 18.1 Å². The van der Waals surface area contributed by atoms with Gasteiger partial charge in [-0.3, -0.25) is 15.3 Å². The summed E-state index contributed by atoms with van der Waals surface area (Å²) >= 11 is 3.35. The van der Waals surface area contributed by atoms with Crippen LogP contribution in [0.3, 0.4) is 0 Å². The molecule has 0 aliphatic rings. The number of anilines is 1. The molecule has 2 amide bonds. The zero-order valence-electron chi connectivity index (χ0n) is 16.8. The second kappa shape index (κ2) is 13.4. The number of unbranched alkanes of at least 4 members (excludes halogenated alkanes) is 1. The molecular formula is C22H25BrN2O6. The lowest BCUT2D eigenvalue weighted by Crippen LogP contribution is -2.18. The van der Waals surface area contributed by atoms with Crippen LogP contribution < -0.4 is 15.5 Å². The predicted molar refractivity (Wildman–Crippen MR) is 119 cm³/mol. The molecule has 1 atom stereocenters. The number of hydrogen-bond acceptors (Lipinski definition) is 6. The van der Waals surface area contributed by atoms with E-state index in [0.29, 0.717) is 30.7 Å². The Morgan fingerprint density at radius 2 is 1.94 bits per heavy atom. The third-order valence-corrected chi connectivity index (χ3v) is 4.67. The quantitative estimate of drug-likeness (QED) is 0.160. The van der Waals surface area contributed by atoms with Gasteiger partial charge in [-0.05, 0) is 61.2 Å². The van der Waals surface area contributed by atoms with Crippen molar-refractivity contribution < 1.29 is 29.4 Å². The molecule has 9 heteroatoms. The Bertz CT molecular complexity index is 873. The lowest BCUT2D eigenvalue weighted by atomic mass is 10.0. The Labute approximate surface area is 189 Å². The Hall–Kier alpha value is -2.88. The molecule has 0 unspecified atom stereocenters. The summed E-state index contributed by atoms with van der Waals surface area (Å²) < 4.78 is 12.0. The first-order chi connectivity index (χ1) is 15.0. The van der Waals surface area contributed by atoms with Gasteiger partial charge in [-0.15, -0.1) is 0 Å². The lowest BCUT2D eigenvalue weighted by molar-refractivity contribution is -0.124. The standard InChI is InChI=1S/C22H25BrN2O6/c23-17-9-11-18(12-10-17)24-22(28)31-20(7-2-1-3-8-21(27)25-29)16-5-4-6-19(15-16)30-14-13-26/h3-6,8-12,15,20,26,29H,1-2,7,13-14H2,(H,24,28)(H,25,27)/b8-3+/t20-/m0/s1. The number of amides is 2. The average Bonchev–Trinajstić information content (AvgIpc) is 2.78. The van der Waals surface area contributed by atoms with Gasteiger partial charge in [0.05, 0.1) is 6.61 Å². The van der Waals surface area contributed by atoms with Gasteiger partial charge in [0.1, 0.15) is 18.5 Å². The van der Waals surface area contributed by atoms with E-state index in [0.717, 1.165) is 10.0 Å². The Morgan fingerprint density at radius 3 is 2.65 bits per heavy atom. The normalized spacial score (nSPS) is 11.7. The van der Waals surface area contributed by atoms with Crippen LogP contribution in [-0.4, -0.2) is 35.5 Å². The molecule has 0 saturated carbocycles. The SMILES string of the molecule is O=C(/C=C/CCC[C@H](OC(=O)Nc1ccc(Br)cc1)c1cccc(OCCO)c1)NO. The zero-order valence-corrected chi connectivity index (χ0v) is 18.4. The van der Waals surface area contributed by atoms with Crippen molar-refractivity contribution in [3.05, 3.63) is 70.7 Å². The fourth-order valence-corrected chi connectivity index (χ4v) is 2.98. The van der Waals surface area contributed by atoms with E-state index >= 15 is 0 Å². The molecule has 0 bridgehead atoms. The number of aliphatic hydroxyl groups excluding tert-OH is 1. The molecule has 0 heterocycles. The van der Waals surface area contributed by atoms with Crippen LogP contribution in [0.1, 0.15) is 30.9 Å². The van der Waals surface area contributed by atoms with E-state index in [9.17, 15) is 9.59 Å². The summed E-state index contributed by atoms with van der Waals surface area (Å²) in [4.78, 5) is 23.5. The van der Waals surface area contributed by atoms with Crippen molar-refractivity contribution >= 4 is 33.6 Å². The van der Waals surface area contributed by atoms with Crippen LogP contribution >= 0.6 is 15.9 Å². The summed E-state index contributed by atoms with van der Waals surface area (Å²) in [5, 5.41) is 20.2. The number of rotatable bonds is 11. The highest BCUT2D eigenvalue weighted by atomic mass is 79.9. The van der Waals surface area contributed by atoms with Gasteiger partial charge >= 0.3 is 6.09 Å². The van der Waals surface area contributed by atoms with Gasteiger partial charge in [0, 0.05) is 16.2 Å². The summed E-state index contributed by atoms with van der Waals surface area (Å²) in [5.41, 5.74) is 2.88. The topological polar surface area (TPSA) is 117 Å². The molecule has 2 aromatic rings. The predicted octanol–water partition coefficient (Wildman–Crippen LogP) is 4.34. The summed E-state index contributed by atoms with van der Waals surface area (Å²) in [6.07, 6.45) is 3.42. The summed E-state index contributed by atoms with van der Waals surface area (Å²) in [6.45, 7) is 0.0598. The van der Waals surface area contributed by atoms with Crippen molar-refractivity contribution in [3.63, 3.8) is 0 Å². The first-order valence-corrected chi connectivity index (χ1v) is 10.5. The third-order valence-electron chi connectivity index (χ3n) is 4.15. The van der Waals surface area contributed by atoms with Crippen molar-refractivity contribution in [1.82, 2.24) is 5.48 Å². The molecule has 0 aromatic heterocycles. The van der Waals surface area contributed by atoms with Crippen LogP contribution in [-0.2, 0) is 9.53 Å². The van der Waals surface area contributed by atoms with Crippen LogP contribution in [0.15, 0.2) is 65.2 Å². The van der Waals surface area contributed by atoms with Crippen molar-refractivity contribution in [1.29, 1.82) is 0 Å². The first-order valence-electron chi connectivity index (χ1n) is 9.69. The lowest BCUT2D eigenvalue weighted by Gasteiger charge is -2.19. The second-order valence-electron chi connectivity index (χ2n) is 6.48. The zero-order chi connectivity index (χ0) is 22.5. The van der Waals surface area contributed by atoms with Crippen molar-refractivity contribution in [2.75, 3.05) is 18.5 Å². The number of carbonyl (C=O) groups excluding carboxylic acids is 2. The number of halogens is 1. The highest BCUT2D eigenvalue weighted by Crippen LogP contribution is 2.27. The van der Waals surface area contributed by atoms with Crippen LogP contribution in [0, 0.1) is 0 Å². The number of benzene rings is 2. The van der Waals surface area contributed by atoms with E-state index in [4.69, 9.17) is 19.8 Å². The Kier molecular flexibility index (Phi) is 10.6. The molecule has 0 aliphatic heterocycles. The minimum Gasteiger partial charge on any atom is -0.491 e. The first kappa shape index (κ1) is 24.4. The van der Waals surface area contributed by atoms with Gasteiger partial charge in [-0.2, -0.15) is 0 Å². The largest absolute Gasteiger partial charge is 0.491 e. The van der Waals surface area contributed by atoms with Crippen molar-refractivity contribution in [2.45, 2.75) is 25.4 Å². The number of carbonyl (C=O) groups is 2. The van der Waals surface area contributed by atoms with E-state index in [1.807, 2.05) is 18.2 Å². The monoisotopic (exact) mass is 492 g/mol. The molecule has 2 rings (SSSR count). The summed E-state index contributed by atoms with van der Waals surface area (Å²) in [5.74, 6) is -0.0385. The molecular weight excluding hydrogens is 468 g/mol. The highest BCUT2D eigenvalue weighted by Gasteiger charge is 2.17. The molecule has 0 radical (unpaired) electrons. The molecule has 166 valence electrons. The highest BCUT2D eigenvalue weighted by molar-refractivity contribution is 9.10. The van der Waals surface area contributed by atoms with Gasteiger partial charge in [0.2, 0.25) is 0 Å². The average molecular weight is 493 g/mol. The van der Waals surface area contributed by atoms with E-state index in [-0.39, 0.29) is 13.2 Å². The molecule has 8 nitrogen and oxygen atoms in total. The smallest absolute Gasteiger partial charge is 0.412 e. The Balaban J connectivity index is 2.05. The van der Waals surface area contributed by atoms with Crippen LogP contribution in [0.2, 0.25) is 0 Å². The van der Waals surface area contributed by atoms with Gasteiger partial charge in [-0.1, -0.05) is 34.1 Å². The Morgan fingerprint density at radius 1 is 1.16 bits per heavy atom. The van der Waals surface area contributed by atoms with Crippen LogP contribution in [0.25, 0.3) is 0 Å². The third kappa shape index (κ3) is 9.20. The minimum atomic E-state index is -0.601. The van der Waals surface area contributed by atoms with Gasteiger partial charge < -0.3 is 14.6 Å². The fraction of sp³-hybridized carbons (Fsp3) is 0.273. The number of ether oxygens (including phenoxy) is 2. The fourth-order valence-electron chi connectivity index (χ4n) is 2.72. The number of nitrogens with one attached hydrogen (secondary N) is 2. The molecule has 31 heavy (non-hydrogen) atoms. The second-order valence-corrected chi connectivity index (χ2v) is 7.40. The summed E-state index contributed by atoms with van der Waals surface area (Å²) in [7, 11) is 0. The van der Waals surface area contributed by atoms with E-state index in [2.05, 4.69) is 21.2 Å². The van der Waals surface area contributed by atoms with Crippen molar-refractivity contribution in [2.24, 2.45) is 0 Å². The van der Waals surface area contributed by atoms with Crippen LogP contribution in [0.5, 0.6) is 5.75 Å². The van der Waals surface area contributed by atoms with Gasteiger partial charge in [-0.25, -0.2) is 10.3 Å². The number of aliphatic hydroxyl groups is 1. The molecule has 0 fully saturated rings. The molecule has 0 spiro atoms. The molecule has 4 N–H and O–H groups in total. The molecule has 0 aliphatic carbocycles. The van der Waals surface area contributed by atoms with E-state index in [1.165, 1.54) is 11.6 Å². The van der Waals surface area contributed by atoms with Gasteiger partial charge in [0.15, 0.2) is 0 Å². The van der Waals surface area contributed by atoms with Gasteiger partial charge in [0.25, 0.3) is 5.91 Å². The number of allylic oxidation sites excluding steroid dienone is 1. The molecule has 2 aromatic carbocycles. The molecule has 0 saturated heterocycles. The van der Waals surface area contributed by atoms with Crippen molar-refractivity contribution in [3.8, 4) is 5.75 Å². The maximum Gasteiger partial charge on any atom is 0.412 e. The summed E-state index contributed by atoms with van der Waals surface area (Å²) in [6, 6.07) is 14.3. The minimum absolute atomic E-state index is 0.104. The van der Waals surface area contributed by atoms with Crippen LogP contribution in [0.4, 0.5) is 10.5 Å². The van der Waals surface area contributed by atoms with E-state index in [1.54, 1.807) is 36.4 Å². The maximum absolute atomic E-state index is 12.5. The number of hydrogen-bond donors (Lipinski definition) is 4. The maximum atomic E-state index is 12.5. The number of hydroxylamine groups is 1.